The summed E-state index contributed by atoms with van der Waals surface area (Å²) in [4.78, 5) is 16.7. The molecule has 1 aromatic heterocycles. The van der Waals surface area contributed by atoms with E-state index in [1.165, 1.54) is 4.68 Å². The summed E-state index contributed by atoms with van der Waals surface area (Å²) in [6, 6.07) is 2.30. The minimum atomic E-state index is -0.0502. The van der Waals surface area contributed by atoms with E-state index >= 15 is 0 Å². The molecule has 0 radical (unpaired) electrons. The molecule has 3 fully saturated rings. The molecule has 7 heteroatoms. The Morgan fingerprint density at radius 1 is 1.16 bits per heavy atom. The molecular weight excluding hydrogens is 320 g/mol. The molecule has 0 saturated carbocycles. The van der Waals surface area contributed by atoms with E-state index in [1.807, 2.05) is 0 Å². The number of nitrogens with zero attached hydrogens (tertiary/aromatic N) is 4. The van der Waals surface area contributed by atoms with Gasteiger partial charge in [0.15, 0.2) is 0 Å². The van der Waals surface area contributed by atoms with Crippen molar-refractivity contribution in [2.45, 2.75) is 37.3 Å². The van der Waals surface area contributed by atoms with Crippen LogP contribution in [0, 0.1) is 0 Å². The fourth-order valence-corrected chi connectivity index (χ4v) is 4.38. The quantitative estimate of drug-likeness (QED) is 0.781. The molecule has 0 aliphatic carbocycles. The van der Waals surface area contributed by atoms with Crippen LogP contribution in [0.1, 0.15) is 25.7 Å². The second-order valence-corrected chi connectivity index (χ2v) is 7.49. The molecule has 3 aliphatic rings. The van der Waals surface area contributed by atoms with Crippen molar-refractivity contribution in [1.82, 2.24) is 14.7 Å². The summed E-state index contributed by atoms with van der Waals surface area (Å²) in [7, 11) is 1.68. The van der Waals surface area contributed by atoms with Gasteiger partial charge in [-0.2, -0.15) is 5.10 Å². The lowest BCUT2D eigenvalue weighted by molar-refractivity contribution is -0.151. The van der Waals surface area contributed by atoms with E-state index in [0.29, 0.717) is 6.04 Å². The summed E-state index contributed by atoms with van der Waals surface area (Å²) >= 11 is 0. The van der Waals surface area contributed by atoms with Gasteiger partial charge in [0, 0.05) is 65.2 Å². The number of aromatic nitrogens is 2. The minimum Gasteiger partial charge on any atom is -0.381 e. The first kappa shape index (κ1) is 17.0. The lowest BCUT2D eigenvalue weighted by Crippen LogP contribution is -2.56. The average Bonchev–Trinajstić information content (AvgIpc) is 2.65. The van der Waals surface area contributed by atoms with Gasteiger partial charge >= 0.3 is 0 Å². The molecule has 0 aromatic carbocycles. The molecule has 3 saturated heterocycles. The maximum Gasteiger partial charge on any atom is 0.268 e. The fraction of sp³-hybridized carbons (Fsp3) is 0.778. The summed E-state index contributed by atoms with van der Waals surface area (Å²) in [5.41, 5.74) is 0.940. The number of piperazine rings is 1. The monoisotopic (exact) mass is 348 g/mol. The maximum atomic E-state index is 11.8. The number of ether oxygens (including phenoxy) is 2. The second kappa shape index (κ2) is 7.05. The van der Waals surface area contributed by atoms with Crippen LogP contribution in [0.2, 0.25) is 0 Å². The summed E-state index contributed by atoms with van der Waals surface area (Å²) in [5.74, 6) is 0. The van der Waals surface area contributed by atoms with E-state index in [-0.39, 0.29) is 11.2 Å². The fourth-order valence-electron chi connectivity index (χ4n) is 4.38. The van der Waals surface area contributed by atoms with Crippen LogP contribution in [0.5, 0.6) is 0 Å². The first-order valence-electron chi connectivity index (χ1n) is 9.39. The SMILES string of the molecule is Cn1ncc(N2CCN([C@@H]3CCOC4(CCOCC4)C3)CC2)cc1=O. The third kappa shape index (κ3) is 3.59. The Labute approximate surface area is 148 Å². The van der Waals surface area contributed by atoms with E-state index in [4.69, 9.17) is 9.47 Å². The van der Waals surface area contributed by atoms with Crippen LogP contribution in [-0.2, 0) is 16.5 Å². The van der Waals surface area contributed by atoms with Crippen molar-refractivity contribution in [3.05, 3.63) is 22.6 Å². The lowest BCUT2D eigenvalue weighted by atomic mass is 9.83. The summed E-state index contributed by atoms with van der Waals surface area (Å²) in [6.07, 6.45) is 6.10. The normalized spacial score (nSPS) is 27.6. The number of anilines is 1. The zero-order valence-corrected chi connectivity index (χ0v) is 15.0. The van der Waals surface area contributed by atoms with E-state index in [1.54, 1.807) is 19.3 Å². The van der Waals surface area contributed by atoms with Gasteiger partial charge in [-0.3, -0.25) is 9.69 Å². The van der Waals surface area contributed by atoms with Crippen molar-refractivity contribution in [3.63, 3.8) is 0 Å². The number of hydrogen-bond acceptors (Lipinski definition) is 6. The minimum absolute atomic E-state index is 0.0495. The van der Waals surface area contributed by atoms with Gasteiger partial charge in [-0.25, -0.2) is 4.68 Å². The smallest absolute Gasteiger partial charge is 0.268 e. The first-order valence-corrected chi connectivity index (χ1v) is 9.39. The molecule has 3 aliphatic heterocycles. The van der Waals surface area contributed by atoms with Crippen molar-refractivity contribution in [1.29, 1.82) is 0 Å². The third-order valence-corrected chi connectivity index (χ3v) is 6.02. The van der Waals surface area contributed by atoms with Crippen LogP contribution >= 0.6 is 0 Å². The molecule has 138 valence electrons. The number of rotatable bonds is 2. The van der Waals surface area contributed by atoms with Gasteiger partial charge in [0.05, 0.1) is 17.5 Å². The molecule has 7 nitrogen and oxygen atoms in total. The Kier molecular flexibility index (Phi) is 4.80. The first-order chi connectivity index (χ1) is 12.2. The van der Waals surface area contributed by atoms with Crippen molar-refractivity contribution < 1.29 is 9.47 Å². The second-order valence-electron chi connectivity index (χ2n) is 7.49. The zero-order valence-electron chi connectivity index (χ0n) is 15.0. The van der Waals surface area contributed by atoms with Crippen LogP contribution in [0.3, 0.4) is 0 Å². The molecule has 1 atom stereocenters. The predicted octanol–water partition coefficient (Wildman–Crippen LogP) is 0.631. The number of hydrogen-bond donors (Lipinski definition) is 0. The van der Waals surface area contributed by atoms with E-state index in [9.17, 15) is 4.79 Å². The molecule has 1 aromatic rings. The Hall–Kier alpha value is -1.44. The lowest BCUT2D eigenvalue weighted by Gasteiger charge is -2.48. The Bertz CT molecular complexity index is 642. The average molecular weight is 348 g/mol. The summed E-state index contributed by atoms with van der Waals surface area (Å²) in [6.45, 7) is 6.49. The van der Waals surface area contributed by atoms with Crippen LogP contribution < -0.4 is 10.5 Å². The predicted molar refractivity (Wildman–Crippen MR) is 95.0 cm³/mol. The molecule has 25 heavy (non-hydrogen) atoms. The van der Waals surface area contributed by atoms with Crippen molar-refractivity contribution in [2.75, 3.05) is 50.9 Å². The summed E-state index contributed by atoms with van der Waals surface area (Å²) in [5, 5.41) is 4.14. The topological polar surface area (TPSA) is 59.8 Å². The van der Waals surface area contributed by atoms with Gasteiger partial charge in [-0.05, 0) is 25.7 Å². The molecule has 0 N–H and O–H groups in total. The van der Waals surface area contributed by atoms with E-state index < -0.39 is 0 Å². The van der Waals surface area contributed by atoms with E-state index in [0.717, 1.165) is 77.4 Å². The van der Waals surface area contributed by atoms with Gasteiger partial charge in [0.25, 0.3) is 5.56 Å². The van der Waals surface area contributed by atoms with Gasteiger partial charge in [0.2, 0.25) is 0 Å². The van der Waals surface area contributed by atoms with Gasteiger partial charge in [-0.1, -0.05) is 0 Å². The highest BCUT2D eigenvalue weighted by molar-refractivity contribution is 5.43. The Morgan fingerprint density at radius 3 is 2.64 bits per heavy atom. The van der Waals surface area contributed by atoms with Crippen LogP contribution in [0.4, 0.5) is 5.69 Å². The highest BCUT2D eigenvalue weighted by Gasteiger charge is 2.41. The molecule has 0 unspecified atom stereocenters. The molecular formula is C18H28N4O3. The van der Waals surface area contributed by atoms with Crippen LogP contribution in [-0.4, -0.2) is 72.3 Å². The maximum absolute atomic E-state index is 11.8. The molecule has 0 amide bonds. The zero-order chi connectivity index (χ0) is 17.3. The van der Waals surface area contributed by atoms with Gasteiger partial charge < -0.3 is 14.4 Å². The third-order valence-electron chi connectivity index (χ3n) is 6.02. The molecule has 0 bridgehead atoms. The van der Waals surface area contributed by atoms with Gasteiger partial charge in [0.1, 0.15) is 0 Å². The largest absolute Gasteiger partial charge is 0.381 e. The molecule has 4 rings (SSSR count). The molecule has 1 spiro atoms. The van der Waals surface area contributed by atoms with Crippen molar-refractivity contribution in [3.8, 4) is 0 Å². The Balaban J connectivity index is 1.36. The van der Waals surface area contributed by atoms with E-state index in [2.05, 4.69) is 14.9 Å². The van der Waals surface area contributed by atoms with Crippen LogP contribution in [0.25, 0.3) is 0 Å². The van der Waals surface area contributed by atoms with Crippen molar-refractivity contribution in [2.24, 2.45) is 7.05 Å². The Morgan fingerprint density at radius 2 is 1.92 bits per heavy atom. The number of aryl methyl sites for hydroxylation is 1. The molecule has 4 heterocycles. The van der Waals surface area contributed by atoms with Crippen LogP contribution in [0.15, 0.2) is 17.1 Å². The van der Waals surface area contributed by atoms with Crippen molar-refractivity contribution >= 4 is 5.69 Å². The van der Waals surface area contributed by atoms with Gasteiger partial charge in [-0.15, -0.1) is 0 Å². The highest BCUT2D eigenvalue weighted by Crippen LogP contribution is 2.36. The summed E-state index contributed by atoms with van der Waals surface area (Å²) < 4.78 is 13.1. The highest BCUT2D eigenvalue weighted by atomic mass is 16.5. The standard InChI is InChI=1S/C18H28N4O3/c1-20-17(23)12-16(14-19-20)22-7-5-21(6-8-22)15-2-9-25-18(13-15)3-10-24-11-4-18/h12,14-15H,2-11,13H2,1H3/t15-/m1/s1.